The van der Waals surface area contributed by atoms with Crippen molar-refractivity contribution in [1.29, 1.82) is 0 Å². The molecule has 0 aliphatic carbocycles. The number of halogens is 1. The van der Waals surface area contributed by atoms with E-state index in [0.717, 1.165) is 0 Å². The van der Waals surface area contributed by atoms with Crippen molar-refractivity contribution in [1.82, 2.24) is 4.90 Å². The van der Waals surface area contributed by atoms with Crippen LogP contribution in [0, 0.1) is 5.92 Å². The molecule has 1 atom stereocenters. The van der Waals surface area contributed by atoms with Crippen LogP contribution in [0.25, 0.3) is 0 Å². The lowest BCUT2D eigenvalue weighted by Crippen LogP contribution is -2.38. The Bertz CT molecular complexity index is 388. The maximum Gasteiger partial charge on any atom is 0.306 e. The molecule has 3 nitrogen and oxygen atoms in total. The van der Waals surface area contributed by atoms with Gasteiger partial charge in [0.05, 0.1) is 5.92 Å². The first-order valence-corrected chi connectivity index (χ1v) is 6.31. The van der Waals surface area contributed by atoms with Crippen LogP contribution in [0.4, 0.5) is 4.39 Å². The number of benzene rings is 1. The molecule has 1 heterocycles. The molecule has 1 N–H and O–H groups in total. The molecule has 0 radical (unpaired) electrons. The zero-order valence-corrected chi connectivity index (χ0v) is 10.3. The van der Waals surface area contributed by atoms with E-state index in [9.17, 15) is 9.18 Å². The van der Waals surface area contributed by atoms with Crippen LogP contribution in [0.1, 0.15) is 24.6 Å². The highest BCUT2D eigenvalue weighted by Crippen LogP contribution is 2.22. The van der Waals surface area contributed by atoms with Gasteiger partial charge in [-0.05, 0) is 31.5 Å². The highest BCUT2D eigenvalue weighted by molar-refractivity contribution is 5.70. The van der Waals surface area contributed by atoms with E-state index in [4.69, 9.17) is 5.11 Å². The molecule has 1 aromatic carbocycles. The number of nitrogens with zero attached hydrogens (tertiary/aromatic N) is 1. The third-order valence-corrected chi connectivity index (χ3v) is 3.52. The maximum atomic E-state index is 14.0. The molecule has 2 rings (SSSR count). The molecule has 0 bridgehead atoms. The fraction of sp³-hybridized carbons (Fsp3) is 0.500. The Morgan fingerprint density at radius 1 is 1.33 bits per heavy atom. The van der Waals surface area contributed by atoms with Gasteiger partial charge in [0.15, 0.2) is 0 Å². The number of alkyl halides is 1. The molecule has 1 saturated heterocycles. The van der Waals surface area contributed by atoms with E-state index in [0.29, 0.717) is 38.0 Å². The number of hydrogen-bond acceptors (Lipinski definition) is 2. The smallest absolute Gasteiger partial charge is 0.306 e. The summed E-state index contributed by atoms with van der Waals surface area (Å²) < 4.78 is 14.0. The summed E-state index contributed by atoms with van der Waals surface area (Å²) in [5.74, 6) is -0.981. The van der Waals surface area contributed by atoms with E-state index in [1.54, 1.807) is 12.1 Å². The van der Waals surface area contributed by atoms with Crippen molar-refractivity contribution < 1.29 is 14.3 Å². The summed E-state index contributed by atoms with van der Waals surface area (Å²) in [5.41, 5.74) is 0.692. The Hall–Kier alpha value is -1.42. The van der Waals surface area contributed by atoms with Gasteiger partial charge in [0.25, 0.3) is 0 Å². The van der Waals surface area contributed by atoms with Crippen molar-refractivity contribution in [2.24, 2.45) is 5.92 Å². The van der Waals surface area contributed by atoms with Gasteiger partial charge in [-0.3, -0.25) is 4.79 Å². The second-order valence-electron chi connectivity index (χ2n) is 4.79. The first kappa shape index (κ1) is 13.0. The maximum absolute atomic E-state index is 14.0. The third kappa shape index (κ3) is 3.29. The molecule has 0 spiro atoms. The SMILES string of the molecule is O=C(O)C1CCN(CC(F)c2ccccc2)CC1. The van der Waals surface area contributed by atoms with Crippen LogP contribution in [0.5, 0.6) is 0 Å². The van der Waals surface area contributed by atoms with Gasteiger partial charge in [0.2, 0.25) is 0 Å². The van der Waals surface area contributed by atoms with E-state index in [-0.39, 0.29) is 5.92 Å². The van der Waals surface area contributed by atoms with Crippen LogP contribution in [-0.2, 0) is 4.79 Å². The summed E-state index contributed by atoms with van der Waals surface area (Å²) >= 11 is 0. The topological polar surface area (TPSA) is 40.5 Å². The van der Waals surface area contributed by atoms with Crippen molar-refractivity contribution in [2.45, 2.75) is 19.0 Å². The number of carbonyl (C=O) groups is 1. The van der Waals surface area contributed by atoms with E-state index in [1.807, 2.05) is 23.1 Å². The van der Waals surface area contributed by atoms with Crippen LogP contribution in [0.3, 0.4) is 0 Å². The van der Waals surface area contributed by atoms with Crippen molar-refractivity contribution in [2.75, 3.05) is 19.6 Å². The number of piperidine rings is 1. The van der Waals surface area contributed by atoms with Gasteiger partial charge in [-0.25, -0.2) is 4.39 Å². The first-order valence-electron chi connectivity index (χ1n) is 6.31. The van der Waals surface area contributed by atoms with Crippen molar-refractivity contribution in [3.8, 4) is 0 Å². The van der Waals surface area contributed by atoms with Crippen molar-refractivity contribution in [3.05, 3.63) is 35.9 Å². The predicted octanol–water partition coefficient (Wildman–Crippen LogP) is 2.49. The lowest BCUT2D eigenvalue weighted by Gasteiger charge is -2.30. The monoisotopic (exact) mass is 251 g/mol. The summed E-state index contributed by atoms with van der Waals surface area (Å²) in [5, 5.41) is 8.89. The summed E-state index contributed by atoms with van der Waals surface area (Å²) in [4.78, 5) is 12.8. The number of hydrogen-bond donors (Lipinski definition) is 1. The Labute approximate surface area is 106 Å². The Morgan fingerprint density at radius 3 is 2.50 bits per heavy atom. The highest BCUT2D eigenvalue weighted by atomic mass is 19.1. The molecule has 1 unspecified atom stereocenters. The van der Waals surface area contributed by atoms with Crippen LogP contribution >= 0.6 is 0 Å². The molecular weight excluding hydrogens is 233 g/mol. The number of rotatable bonds is 4. The molecule has 18 heavy (non-hydrogen) atoms. The lowest BCUT2D eigenvalue weighted by atomic mass is 9.96. The number of likely N-dealkylation sites (tertiary alicyclic amines) is 1. The van der Waals surface area contributed by atoms with E-state index in [1.165, 1.54) is 0 Å². The van der Waals surface area contributed by atoms with Crippen molar-refractivity contribution >= 4 is 5.97 Å². The quantitative estimate of drug-likeness (QED) is 0.893. The second kappa shape index (κ2) is 5.96. The largest absolute Gasteiger partial charge is 0.481 e. The minimum Gasteiger partial charge on any atom is -0.481 e. The molecular formula is C14H18FNO2. The van der Waals surface area contributed by atoms with Crippen LogP contribution < -0.4 is 0 Å². The number of aliphatic carboxylic acids is 1. The molecule has 1 aliphatic rings. The fourth-order valence-corrected chi connectivity index (χ4v) is 2.36. The van der Waals surface area contributed by atoms with Gasteiger partial charge in [-0.15, -0.1) is 0 Å². The fourth-order valence-electron chi connectivity index (χ4n) is 2.36. The summed E-state index contributed by atoms with van der Waals surface area (Å²) in [7, 11) is 0. The van der Waals surface area contributed by atoms with Gasteiger partial charge in [0, 0.05) is 6.54 Å². The Morgan fingerprint density at radius 2 is 1.94 bits per heavy atom. The van der Waals surface area contributed by atoms with Gasteiger partial charge in [-0.2, -0.15) is 0 Å². The summed E-state index contributed by atoms with van der Waals surface area (Å²) in [6, 6.07) is 9.11. The number of carboxylic acids is 1. The first-order chi connectivity index (χ1) is 8.66. The van der Waals surface area contributed by atoms with Gasteiger partial charge < -0.3 is 10.0 Å². The number of carboxylic acid groups (broad SMARTS) is 1. The minimum absolute atomic E-state index is 0.254. The third-order valence-electron chi connectivity index (χ3n) is 3.52. The van der Waals surface area contributed by atoms with Crippen LogP contribution in [0.15, 0.2) is 30.3 Å². The lowest BCUT2D eigenvalue weighted by molar-refractivity contribution is -0.143. The highest BCUT2D eigenvalue weighted by Gasteiger charge is 2.25. The Kier molecular flexibility index (Phi) is 4.31. The summed E-state index contributed by atoms with van der Waals surface area (Å²) in [6.45, 7) is 1.70. The summed E-state index contributed by atoms with van der Waals surface area (Å²) in [6.07, 6.45) is 0.251. The molecule has 0 saturated carbocycles. The van der Waals surface area contributed by atoms with E-state index in [2.05, 4.69) is 0 Å². The van der Waals surface area contributed by atoms with E-state index < -0.39 is 12.1 Å². The minimum atomic E-state index is -0.993. The molecule has 0 amide bonds. The molecule has 1 aromatic rings. The zero-order valence-electron chi connectivity index (χ0n) is 10.3. The molecule has 1 fully saturated rings. The Balaban J connectivity index is 1.83. The second-order valence-corrected chi connectivity index (χ2v) is 4.79. The average molecular weight is 251 g/mol. The van der Waals surface area contributed by atoms with Gasteiger partial charge in [-0.1, -0.05) is 30.3 Å². The van der Waals surface area contributed by atoms with Crippen molar-refractivity contribution in [3.63, 3.8) is 0 Å². The van der Waals surface area contributed by atoms with E-state index >= 15 is 0 Å². The predicted molar refractivity (Wildman–Crippen MR) is 67.1 cm³/mol. The van der Waals surface area contributed by atoms with Crippen LogP contribution in [-0.4, -0.2) is 35.6 Å². The zero-order chi connectivity index (χ0) is 13.0. The molecule has 0 aromatic heterocycles. The standard InChI is InChI=1S/C14H18FNO2/c15-13(11-4-2-1-3-5-11)10-16-8-6-12(7-9-16)14(17)18/h1-5,12-13H,6-10H2,(H,17,18). The normalized spacial score (nSPS) is 19.6. The van der Waals surface area contributed by atoms with Gasteiger partial charge >= 0.3 is 5.97 Å². The van der Waals surface area contributed by atoms with Crippen LogP contribution in [0.2, 0.25) is 0 Å². The van der Waals surface area contributed by atoms with Gasteiger partial charge in [0.1, 0.15) is 6.17 Å². The molecule has 1 aliphatic heterocycles. The molecule has 98 valence electrons. The average Bonchev–Trinajstić information content (AvgIpc) is 2.40. The molecule has 4 heteroatoms.